The van der Waals surface area contributed by atoms with E-state index in [1.165, 1.54) is 0 Å². The fourth-order valence-electron chi connectivity index (χ4n) is 2.01. The Morgan fingerprint density at radius 1 is 1.37 bits per heavy atom. The van der Waals surface area contributed by atoms with Crippen LogP contribution in [0.3, 0.4) is 0 Å². The van der Waals surface area contributed by atoms with Gasteiger partial charge in [0.05, 0.1) is 5.52 Å². The quantitative estimate of drug-likeness (QED) is 0.772. The Hall–Kier alpha value is -2.21. The number of nitrogens with zero attached hydrogens (tertiary/aromatic N) is 4. The van der Waals surface area contributed by atoms with Gasteiger partial charge >= 0.3 is 0 Å². The van der Waals surface area contributed by atoms with Gasteiger partial charge in [0, 0.05) is 24.9 Å². The number of nitrogens with two attached hydrogens (primary N) is 1. The van der Waals surface area contributed by atoms with Gasteiger partial charge in [0.25, 0.3) is 5.89 Å². The molecule has 0 saturated carbocycles. The Labute approximate surface area is 110 Å². The fourth-order valence-corrected chi connectivity index (χ4v) is 2.01. The average molecular weight is 257 g/mol. The highest BCUT2D eigenvalue weighted by atomic mass is 16.5. The molecule has 2 N–H and O–H groups in total. The summed E-state index contributed by atoms with van der Waals surface area (Å²) < 4.78 is 7.11. The van der Waals surface area contributed by atoms with Crippen molar-refractivity contribution in [2.75, 3.05) is 6.54 Å². The summed E-state index contributed by atoms with van der Waals surface area (Å²) in [4.78, 5) is 4.38. The van der Waals surface area contributed by atoms with Crippen molar-refractivity contribution in [3.05, 3.63) is 30.1 Å². The van der Waals surface area contributed by atoms with Gasteiger partial charge in [-0.25, -0.2) is 0 Å². The van der Waals surface area contributed by atoms with Crippen LogP contribution in [0.1, 0.15) is 18.7 Å². The van der Waals surface area contributed by atoms with Gasteiger partial charge in [-0.2, -0.15) is 10.1 Å². The topological polar surface area (TPSA) is 82.8 Å². The molecule has 0 aliphatic carbocycles. The van der Waals surface area contributed by atoms with Gasteiger partial charge in [-0.15, -0.1) is 0 Å². The molecule has 3 aromatic rings. The van der Waals surface area contributed by atoms with E-state index in [4.69, 9.17) is 10.3 Å². The molecule has 0 radical (unpaired) electrons. The van der Waals surface area contributed by atoms with E-state index in [9.17, 15) is 0 Å². The Morgan fingerprint density at radius 3 is 2.95 bits per heavy atom. The monoisotopic (exact) mass is 257 g/mol. The second-order valence-corrected chi connectivity index (χ2v) is 4.58. The van der Waals surface area contributed by atoms with E-state index in [2.05, 4.69) is 15.2 Å². The second-order valence-electron chi connectivity index (χ2n) is 4.58. The van der Waals surface area contributed by atoms with Gasteiger partial charge in [0.1, 0.15) is 0 Å². The van der Waals surface area contributed by atoms with Crippen molar-refractivity contribution in [2.45, 2.75) is 12.8 Å². The van der Waals surface area contributed by atoms with Gasteiger partial charge in [0.15, 0.2) is 11.5 Å². The molecule has 1 atom stereocenters. The minimum Gasteiger partial charge on any atom is -0.332 e. The lowest BCUT2D eigenvalue weighted by atomic mass is 10.2. The summed E-state index contributed by atoms with van der Waals surface area (Å²) in [6.07, 6.45) is 0. The standard InChI is InChI=1S/C13H15N5O/c1-8(7-14)12-15-13(19-17-12)11-9-5-3-4-6-10(9)18(2)16-11/h3-6,8H,7,14H2,1-2H3. The maximum Gasteiger partial charge on any atom is 0.279 e. The van der Waals surface area contributed by atoms with Gasteiger partial charge in [-0.05, 0) is 6.07 Å². The number of hydrogen-bond donors (Lipinski definition) is 1. The number of aryl methyl sites for hydroxylation is 1. The highest BCUT2D eigenvalue weighted by Gasteiger charge is 2.18. The average Bonchev–Trinajstić information content (AvgIpc) is 3.04. The van der Waals surface area contributed by atoms with Crippen LogP contribution in [-0.2, 0) is 7.05 Å². The Morgan fingerprint density at radius 2 is 2.16 bits per heavy atom. The number of hydrogen-bond acceptors (Lipinski definition) is 5. The van der Waals surface area contributed by atoms with Crippen molar-refractivity contribution in [3.63, 3.8) is 0 Å². The van der Waals surface area contributed by atoms with Crippen LogP contribution in [0.5, 0.6) is 0 Å². The van der Waals surface area contributed by atoms with E-state index >= 15 is 0 Å². The molecule has 1 unspecified atom stereocenters. The number of benzene rings is 1. The number of rotatable bonds is 3. The zero-order valence-electron chi connectivity index (χ0n) is 10.9. The van der Waals surface area contributed by atoms with Crippen molar-refractivity contribution in [1.82, 2.24) is 19.9 Å². The van der Waals surface area contributed by atoms with Gasteiger partial charge in [0.2, 0.25) is 0 Å². The molecule has 0 bridgehead atoms. The van der Waals surface area contributed by atoms with Crippen LogP contribution < -0.4 is 5.73 Å². The molecule has 98 valence electrons. The summed E-state index contributed by atoms with van der Waals surface area (Å²) in [5, 5.41) is 9.41. The van der Waals surface area contributed by atoms with E-state index in [1.807, 2.05) is 38.2 Å². The first-order valence-corrected chi connectivity index (χ1v) is 6.16. The first-order valence-electron chi connectivity index (χ1n) is 6.16. The van der Waals surface area contributed by atoms with E-state index in [1.54, 1.807) is 4.68 Å². The van der Waals surface area contributed by atoms with Crippen molar-refractivity contribution in [2.24, 2.45) is 12.8 Å². The maximum atomic E-state index is 5.61. The summed E-state index contributed by atoms with van der Waals surface area (Å²) in [6, 6.07) is 7.94. The summed E-state index contributed by atoms with van der Waals surface area (Å²) >= 11 is 0. The molecule has 19 heavy (non-hydrogen) atoms. The third-order valence-corrected chi connectivity index (χ3v) is 3.20. The Balaban J connectivity index is 2.12. The molecular formula is C13H15N5O. The Kier molecular flexibility index (Phi) is 2.79. The molecule has 1 aromatic carbocycles. The zero-order chi connectivity index (χ0) is 13.4. The third kappa shape index (κ3) is 1.90. The molecule has 2 heterocycles. The van der Waals surface area contributed by atoms with E-state index in [0.717, 1.165) is 10.9 Å². The molecule has 0 fully saturated rings. The molecule has 6 nitrogen and oxygen atoms in total. The van der Waals surface area contributed by atoms with Crippen molar-refractivity contribution < 1.29 is 4.52 Å². The van der Waals surface area contributed by atoms with Crippen LogP contribution in [0.2, 0.25) is 0 Å². The highest BCUT2D eigenvalue weighted by Crippen LogP contribution is 2.26. The van der Waals surface area contributed by atoms with E-state index < -0.39 is 0 Å². The van der Waals surface area contributed by atoms with Crippen LogP contribution in [0.4, 0.5) is 0 Å². The minimum atomic E-state index is 0.0764. The van der Waals surface area contributed by atoms with Gasteiger partial charge in [-0.1, -0.05) is 30.3 Å². The molecule has 0 spiro atoms. The highest BCUT2D eigenvalue weighted by molar-refractivity contribution is 5.91. The molecule has 2 aromatic heterocycles. The van der Waals surface area contributed by atoms with Crippen molar-refractivity contribution in [1.29, 1.82) is 0 Å². The maximum absolute atomic E-state index is 5.61. The summed E-state index contributed by atoms with van der Waals surface area (Å²) in [5.41, 5.74) is 7.35. The van der Waals surface area contributed by atoms with Crippen LogP contribution in [-0.4, -0.2) is 26.5 Å². The summed E-state index contributed by atoms with van der Waals surface area (Å²) in [5.74, 6) is 1.13. The third-order valence-electron chi connectivity index (χ3n) is 3.20. The molecule has 3 rings (SSSR count). The first-order chi connectivity index (χ1) is 9.20. The predicted molar refractivity (Wildman–Crippen MR) is 71.5 cm³/mol. The van der Waals surface area contributed by atoms with Crippen LogP contribution in [0.25, 0.3) is 22.5 Å². The zero-order valence-corrected chi connectivity index (χ0v) is 10.9. The number of aromatic nitrogens is 4. The van der Waals surface area contributed by atoms with Crippen LogP contribution in [0, 0.1) is 0 Å². The lowest BCUT2D eigenvalue weighted by Gasteiger charge is -1.98. The molecule has 0 saturated heterocycles. The molecule has 0 aliphatic heterocycles. The van der Waals surface area contributed by atoms with Crippen molar-refractivity contribution >= 4 is 10.9 Å². The molecule has 0 aliphatic rings. The predicted octanol–water partition coefficient (Wildman–Crippen LogP) is 1.69. The van der Waals surface area contributed by atoms with Gasteiger partial charge < -0.3 is 10.3 Å². The second kappa shape index (κ2) is 4.47. The normalized spacial score (nSPS) is 13.0. The van der Waals surface area contributed by atoms with E-state index in [0.29, 0.717) is 24.0 Å². The largest absolute Gasteiger partial charge is 0.332 e. The van der Waals surface area contributed by atoms with E-state index in [-0.39, 0.29) is 5.92 Å². The summed E-state index contributed by atoms with van der Waals surface area (Å²) in [6.45, 7) is 2.45. The fraction of sp³-hybridized carbons (Fsp3) is 0.308. The summed E-state index contributed by atoms with van der Waals surface area (Å²) in [7, 11) is 1.89. The smallest absolute Gasteiger partial charge is 0.279 e. The molecule has 6 heteroatoms. The van der Waals surface area contributed by atoms with Crippen molar-refractivity contribution in [3.8, 4) is 11.6 Å². The number of para-hydroxylation sites is 1. The van der Waals surface area contributed by atoms with Crippen LogP contribution in [0.15, 0.2) is 28.8 Å². The van der Waals surface area contributed by atoms with Gasteiger partial charge in [-0.3, -0.25) is 4.68 Å². The lowest BCUT2D eigenvalue weighted by molar-refractivity contribution is 0.416. The number of fused-ring (bicyclic) bond motifs is 1. The molecule has 0 amide bonds. The lowest BCUT2D eigenvalue weighted by Crippen LogP contribution is -2.10. The SMILES string of the molecule is CC(CN)c1noc(-c2nn(C)c3ccccc23)n1. The first kappa shape index (κ1) is 11.9. The Bertz CT molecular complexity index is 715. The molecular weight excluding hydrogens is 242 g/mol. The van der Waals surface area contributed by atoms with Crippen LogP contribution >= 0.6 is 0 Å². The minimum absolute atomic E-state index is 0.0764.